The normalized spacial score (nSPS) is 14.8. The van der Waals surface area contributed by atoms with Crippen molar-refractivity contribution in [2.75, 3.05) is 0 Å². The highest BCUT2D eigenvalue weighted by Gasteiger charge is 2.32. The number of aryl methyl sites for hydroxylation is 2. The lowest BCUT2D eigenvalue weighted by Gasteiger charge is -2.33. The molecule has 0 fully saturated rings. The van der Waals surface area contributed by atoms with Gasteiger partial charge in [0.2, 0.25) is 0 Å². The second-order valence-corrected chi connectivity index (χ2v) is 10.8. The maximum absolute atomic E-state index is 11.2. The molecule has 26 heavy (non-hydrogen) atoms. The van der Waals surface area contributed by atoms with Gasteiger partial charge in [0.05, 0.1) is 0 Å². The Balaban J connectivity index is 2.59. The van der Waals surface area contributed by atoms with Gasteiger partial charge in [-0.3, -0.25) is 0 Å². The molecule has 0 saturated heterocycles. The van der Waals surface area contributed by atoms with E-state index in [-0.39, 0.29) is 10.6 Å². The minimum atomic E-state index is -0.0942. The van der Waals surface area contributed by atoms with Gasteiger partial charge >= 0.3 is 0 Å². The third-order valence-electron chi connectivity index (χ3n) is 5.21. The van der Waals surface area contributed by atoms with Gasteiger partial charge in [0.15, 0.2) is 0 Å². The highest BCUT2D eigenvalue weighted by Crippen LogP contribution is 2.50. The zero-order valence-corrected chi connectivity index (χ0v) is 19.1. The van der Waals surface area contributed by atoms with Crippen molar-refractivity contribution in [3.05, 3.63) is 58.1 Å². The van der Waals surface area contributed by atoms with Crippen LogP contribution in [0.5, 0.6) is 5.75 Å². The summed E-state index contributed by atoms with van der Waals surface area (Å²) in [5.41, 5.74) is 5.82. The van der Waals surface area contributed by atoms with Gasteiger partial charge in [-0.1, -0.05) is 84.7 Å². The smallest absolute Gasteiger partial charge is 0.123 e. The fourth-order valence-corrected chi connectivity index (χ4v) is 5.38. The number of phenolic OH excluding ortho intramolecular Hbond substituents is 1. The van der Waals surface area contributed by atoms with Crippen LogP contribution in [0.1, 0.15) is 68.9 Å². The Bertz CT molecular complexity index is 792. The summed E-state index contributed by atoms with van der Waals surface area (Å²) in [6.45, 7) is 15.2. The number of rotatable bonds is 5. The number of hydrogen-bond acceptors (Lipinski definition) is 2. The van der Waals surface area contributed by atoms with Gasteiger partial charge in [0.25, 0.3) is 0 Å². The molecule has 0 bridgehead atoms. The molecular formula is C23H33OPS. The van der Waals surface area contributed by atoms with E-state index < -0.39 is 0 Å². The van der Waals surface area contributed by atoms with Gasteiger partial charge in [0, 0.05) is 16.5 Å². The topological polar surface area (TPSA) is 20.2 Å². The molecule has 2 aromatic rings. The molecule has 0 spiro atoms. The zero-order chi connectivity index (χ0) is 19.7. The molecule has 2 atom stereocenters. The minimum absolute atomic E-state index is 0.0806. The van der Waals surface area contributed by atoms with Gasteiger partial charge in [0.1, 0.15) is 5.75 Å². The Morgan fingerprint density at radius 1 is 0.962 bits per heavy atom. The number of thiol groups is 1. The van der Waals surface area contributed by atoms with E-state index in [1.807, 2.05) is 0 Å². The molecule has 2 aromatic carbocycles. The van der Waals surface area contributed by atoms with Crippen molar-refractivity contribution in [1.82, 2.24) is 0 Å². The number of aromatic hydroxyl groups is 1. The molecule has 3 heteroatoms. The third-order valence-corrected chi connectivity index (χ3v) is 7.48. The second-order valence-electron chi connectivity index (χ2n) is 8.59. The van der Waals surface area contributed by atoms with Crippen LogP contribution in [0.25, 0.3) is 0 Å². The molecule has 0 heterocycles. The first-order valence-corrected chi connectivity index (χ1v) is 11.0. The van der Waals surface area contributed by atoms with Crippen LogP contribution in [0, 0.1) is 13.8 Å². The standard InChI is InChI=1S/C23H33OPS/c1-8-23(7,25-20-10-9-15(2)11-17(20)14-26)19-13-16(3)12-18(21(19)24)22(4,5)6/h9-13,24-26H,8,14H2,1-7H3. The lowest BCUT2D eigenvalue weighted by molar-refractivity contribution is 0.430. The first-order chi connectivity index (χ1) is 12.0. The molecular weight excluding hydrogens is 355 g/mol. The van der Waals surface area contributed by atoms with E-state index in [0.29, 0.717) is 14.3 Å². The Morgan fingerprint density at radius 2 is 1.58 bits per heavy atom. The molecule has 142 valence electrons. The van der Waals surface area contributed by atoms with Crippen LogP contribution in [0.3, 0.4) is 0 Å². The monoisotopic (exact) mass is 388 g/mol. The predicted molar refractivity (Wildman–Crippen MR) is 121 cm³/mol. The lowest BCUT2D eigenvalue weighted by Crippen LogP contribution is -2.22. The fraction of sp³-hybridized carbons (Fsp3) is 0.478. The molecule has 0 saturated carbocycles. The van der Waals surface area contributed by atoms with Gasteiger partial charge in [-0.05, 0) is 42.1 Å². The molecule has 0 amide bonds. The van der Waals surface area contributed by atoms with Crippen LogP contribution in [0.4, 0.5) is 0 Å². The maximum Gasteiger partial charge on any atom is 0.123 e. The highest BCUT2D eigenvalue weighted by molar-refractivity contribution is 7.79. The van der Waals surface area contributed by atoms with E-state index in [0.717, 1.165) is 23.3 Å². The molecule has 0 aliphatic carbocycles. The molecule has 0 aliphatic heterocycles. The van der Waals surface area contributed by atoms with Crippen LogP contribution in [-0.4, -0.2) is 5.11 Å². The van der Waals surface area contributed by atoms with E-state index in [9.17, 15) is 5.11 Å². The van der Waals surface area contributed by atoms with E-state index in [1.54, 1.807) is 0 Å². The molecule has 0 radical (unpaired) electrons. The summed E-state index contributed by atoms with van der Waals surface area (Å²) in [4.78, 5) is 0. The lowest BCUT2D eigenvalue weighted by atomic mass is 9.82. The molecule has 0 aliphatic rings. The van der Waals surface area contributed by atoms with Crippen molar-refractivity contribution in [3.63, 3.8) is 0 Å². The SMILES string of the molecule is CCC(C)(Pc1ccc(C)cc1CS)c1cc(C)cc(C(C)(C)C)c1O. The summed E-state index contributed by atoms with van der Waals surface area (Å²) >= 11 is 4.54. The Hall–Kier alpha value is -0.980. The number of hydrogen-bond donors (Lipinski definition) is 2. The fourth-order valence-electron chi connectivity index (χ4n) is 3.39. The minimum Gasteiger partial charge on any atom is -0.507 e. The second kappa shape index (κ2) is 7.95. The van der Waals surface area contributed by atoms with Gasteiger partial charge < -0.3 is 5.11 Å². The van der Waals surface area contributed by atoms with Crippen molar-refractivity contribution in [2.24, 2.45) is 0 Å². The van der Waals surface area contributed by atoms with Gasteiger partial charge in [-0.25, -0.2) is 0 Å². The van der Waals surface area contributed by atoms with Crippen molar-refractivity contribution < 1.29 is 5.11 Å². The van der Waals surface area contributed by atoms with E-state index in [2.05, 4.69) is 91.4 Å². The largest absolute Gasteiger partial charge is 0.507 e. The maximum atomic E-state index is 11.2. The molecule has 1 N–H and O–H groups in total. The molecule has 0 aromatic heterocycles. The molecule has 1 nitrogen and oxygen atoms in total. The summed E-state index contributed by atoms with van der Waals surface area (Å²) < 4.78 is 0. The summed E-state index contributed by atoms with van der Waals surface area (Å²) in [6, 6.07) is 11.0. The Labute approximate surface area is 166 Å². The van der Waals surface area contributed by atoms with Crippen molar-refractivity contribution in [1.29, 1.82) is 0 Å². The molecule has 2 rings (SSSR count). The first kappa shape index (κ1) is 21.3. The van der Waals surface area contributed by atoms with Crippen LogP contribution < -0.4 is 5.30 Å². The van der Waals surface area contributed by atoms with Gasteiger partial charge in [-0.2, -0.15) is 12.6 Å². The quantitative estimate of drug-likeness (QED) is 0.451. The third kappa shape index (κ3) is 4.46. The van der Waals surface area contributed by atoms with E-state index >= 15 is 0 Å². The van der Waals surface area contributed by atoms with Crippen LogP contribution in [0.15, 0.2) is 30.3 Å². The van der Waals surface area contributed by atoms with E-state index in [1.165, 1.54) is 22.0 Å². The Morgan fingerprint density at radius 3 is 2.12 bits per heavy atom. The van der Waals surface area contributed by atoms with Crippen LogP contribution in [0.2, 0.25) is 0 Å². The van der Waals surface area contributed by atoms with E-state index in [4.69, 9.17) is 0 Å². The summed E-state index contributed by atoms with van der Waals surface area (Å²) in [5, 5.41) is 12.4. The van der Waals surface area contributed by atoms with Crippen molar-refractivity contribution >= 4 is 26.5 Å². The van der Waals surface area contributed by atoms with Gasteiger partial charge in [-0.15, -0.1) is 0 Å². The predicted octanol–water partition coefficient (Wildman–Crippen LogP) is 6.37. The summed E-state index contributed by atoms with van der Waals surface area (Å²) in [7, 11) is 0.592. The summed E-state index contributed by atoms with van der Waals surface area (Å²) in [6.07, 6.45) is 0.978. The van der Waals surface area contributed by atoms with Crippen molar-refractivity contribution in [3.8, 4) is 5.75 Å². The average Bonchev–Trinajstić information content (AvgIpc) is 2.57. The first-order valence-electron chi connectivity index (χ1n) is 9.35. The van der Waals surface area contributed by atoms with Crippen molar-refractivity contribution in [2.45, 2.75) is 71.2 Å². The molecule has 2 unspecified atom stereocenters. The van der Waals surface area contributed by atoms with Crippen LogP contribution in [-0.2, 0) is 16.3 Å². The Kier molecular flexibility index (Phi) is 6.52. The van der Waals surface area contributed by atoms with Crippen LogP contribution >= 0.6 is 21.2 Å². The zero-order valence-electron chi connectivity index (χ0n) is 17.2. The highest BCUT2D eigenvalue weighted by atomic mass is 32.1. The summed E-state index contributed by atoms with van der Waals surface area (Å²) in [5.74, 6) is 1.22. The average molecular weight is 389 g/mol. The number of phenols is 1. The number of benzene rings is 2.